The van der Waals surface area contributed by atoms with Crippen LogP contribution in [0.5, 0.6) is 0 Å². The Morgan fingerprint density at radius 3 is 2.60 bits per heavy atom. The SMILES string of the molecule is CC1(C)NC=NC1C(N)=O. The summed E-state index contributed by atoms with van der Waals surface area (Å²) in [6.07, 6.45) is 1.52. The molecule has 3 N–H and O–H groups in total. The summed E-state index contributed by atoms with van der Waals surface area (Å²) in [4.78, 5) is 14.6. The lowest BCUT2D eigenvalue weighted by molar-refractivity contribution is -0.120. The predicted octanol–water partition coefficient (Wildman–Crippen LogP) is -0.750. The summed E-state index contributed by atoms with van der Waals surface area (Å²) in [5.41, 5.74) is 4.77. The number of nitrogens with zero attached hydrogens (tertiary/aromatic N) is 1. The first kappa shape index (κ1) is 7.05. The third kappa shape index (κ3) is 0.964. The van der Waals surface area contributed by atoms with E-state index in [2.05, 4.69) is 10.3 Å². The standard InChI is InChI=1S/C6H11N3O/c1-6(2)4(5(7)10)8-3-9-6/h3-4H,1-2H3,(H2,7,10)(H,8,9). The second-order valence-electron chi connectivity index (χ2n) is 2.95. The maximum atomic E-state index is 10.7. The van der Waals surface area contributed by atoms with Gasteiger partial charge >= 0.3 is 0 Å². The highest BCUT2D eigenvalue weighted by Crippen LogP contribution is 2.15. The van der Waals surface area contributed by atoms with Gasteiger partial charge in [-0.25, -0.2) is 0 Å². The van der Waals surface area contributed by atoms with Crippen LogP contribution >= 0.6 is 0 Å². The van der Waals surface area contributed by atoms with E-state index in [9.17, 15) is 4.79 Å². The first-order valence-corrected chi connectivity index (χ1v) is 3.13. The fraction of sp³-hybridized carbons (Fsp3) is 0.667. The molecule has 4 heteroatoms. The lowest BCUT2D eigenvalue weighted by Gasteiger charge is -2.22. The molecule has 0 saturated heterocycles. The largest absolute Gasteiger partial charge is 0.369 e. The number of hydrogen-bond acceptors (Lipinski definition) is 3. The van der Waals surface area contributed by atoms with E-state index in [4.69, 9.17) is 5.73 Å². The van der Waals surface area contributed by atoms with Crippen molar-refractivity contribution < 1.29 is 4.79 Å². The predicted molar refractivity (Wildman–Crippen MR) is 38.7 cm³/mol. The highest BCUT2D eigenvalue weighted by Gasteiger charge is 2.35. The van der Waals surface area contributed by atoms with E-state index in [1.807, 2.05) is 13.8 Å². The van der Waals surface area contributed by atoms with Crippen LogP contribution in [0.3, 0.4) is 0 Å². The average Bonchev–Trinajstić information content (AvgIpc) is 2.08. The van der Waals surface area contributed by atoms with Crippen molar-refractivity contribution in [1.29, 1.82) is 0 Å². The van der Waals surface area contributed by atoms with Gasteiger partial charge in [-0.2, -0.15) is 0 Å². The van der Waals surface area contributed by atoms with E-state index in [1.54, 1.807) is 0 Å². The van der Waals surface area contributed by atoms with Crippen LogP contribution in [0, 0.1) is 0 Å². The average molecular weight is 141 g/mol. The van der Waals surface area contributed by atoms with Gasteiger partial charge in [-0.3, -0.25) is 9.79 Å². The molecule has 1 unspecified atom stereocenters. The molecule has 4 nitrogen and oxygen atoms in total. The van der Waals surface area contributed by atoms with E-state index in [0.717, 1.165) is 0 Å². The number of aliphatic imine (C=N–C) groups is 1. The minimum absolute atomic E-state index is 0.314. The summed E-state index contributed by atoms with van der Waals surface area (Å²) in [7, 11) is 0. The van der Waals surface area contributed by atoms with Crippen molar-refractivity contribution in [2.24, 2.45) is 10.7 Å². The fourth-order valence-corrected chi connectivity index (χ4v) is 0.973. The van der Waals surface area contributed by atoms with E-state index in [-0.39, 0.29) is 11.4 Å². The Labute approximate surface area is 59.5 Å². The Morgan fingerprint density at radius 1 is 1.80 bits per heavy atom. The number of hydrogen-bond donors (Lipinski definition) is 2. The van der Waals surface area contributed by atoms with Crippen LogP contribution < -0.4 is 11.1 Å². The minimum atomic E-state index is -0.424. The zero-order chi connectivity index (χ0) is 7.78. The third-order valence-electron chi connectivity index (χ3n) is 1.61. The summed E-state index contributed by atoms with van der Waals surface area (Å²) in [6, 6.07) is -0.424. The Balaban J connectivity index is 2.77. The van der Waals surface area contributed by atoms with Gasteiger partial charge in [-0.05, 0) is 13.8 Å². The first-order valence-electron chi connectivity index (χ1n) is 3.13. The number of carbonyl (C=O) groups excluding carboxylic acids is 1. The van der Waals surface area contributed by atoms with Gasteiger partial charge in [0, 0.05) is 0 Å². The van der Waals surface area contributed by atoms with Gasteiger partial charge in [0.25, 0.3) is 0 Å². The molecule has 0 spiro atoms. The van der Waals surface area contributed by atoms with Crippen LogP contribution in [-0.2, 0) is 4.79 Å². The van der Waals surface area contributed by atoms with E-state index < -0.39 is 6.04 Å². The maximum absolute atomic E-state index is 10.7. The summed E-state index contributed by atoms with van der Waals surface area (Å²) >= 11 is 0. The molecular weight excluding hydrogens is 130 g/mol. The molecular formula is C6H11N3O. The lowest BCUT2D eigenvalue weighted by atomic mass is 9.96. The van der Waals surface area contributed by atoms with Crippen LogP contribution in [0.1, 0.15) is 13.8 Å². The highest BCUT2D eigenvalue weighted by molar-refractivity contribution is 5.85. The number of primary amides is 1. The lowest BCUT2D eigenvalue weighted by Crippen LogP contribution is -2.48. The summed E-state index contributed by atoms with van der Waals surface area (Å²) < 4.78 is 0. The molecule has 0 aliphatic carbocycles. The maximum Gasteiger partial charge on any atom is 0.244 e. The van der Waals surface area contributed by atoms with Crippen molar-refractivity contribution in [3.8, 4) is 0 Å². The van der Waals surface area contributed by atoms with Gasteiger partial charge in [-0.15, -0.1) is 0 Å². The van der Waals surface area contributed by atoms with Gasteiger partial charge in [0.2, 0.25) is 5.91 Å². The molecule has 56 valence electrons. The number of nitrogens with two attached hydrogens (primary N) is 1. The van der Waals surface area contributed by atoms with Crippen molar-refractivity contribution in [2.45, 2.75) is 25.4 Å². The topological polar surface area (TPSA) is 67.5 Å². The minimum Gasteiger partial charge on any atom is -0.369 e. The molecule has 0 aromatic heterocycles. The highest BCUT2D eigenvalue weighted by atomic mass is 16.1. The third-order valence-corrected chi connectivity index (χ3v) is 1.61. The zero-order valence-corrected chi connectivity index (χ0v) is 6.09. The van der Waals surface area contributed by atoms with Crippen LogP contribution in [-0.4, -0.2) is 23.8 Å². The Morgan fingerprint density at radius 2 is 2.40 bits per heavy atom. The summed E-state index contributed by atoms with van der Waals surface area (Å²) in [5.74, 6) is -0.383. The molecule has 1 aliphatic heterocycles. The van der Waals surface area contributed by atoms with Crippen molar-refractivity contribution >= 4 is 12.2 Å². The molecule has 10 heavy (non-hydrogen) atoms. The first-order chi connectivity index (χ1) is 4.54. The quantitative estimate of drug-likeness (QED) is 0.504. The van der Waals surface area contributed by atoms with Crippen molar-refractivity contribution in [2.75, 3.05) is 0 Å². The Kier molecular flexibility index (Phi) is 1.39. The van der Waals surface area contributed by atoms with Crippen LogP contribution in [0.25, 0.3) is 0 Å². The summed E-state index contributed by atoms with van der Waals surface area (Å²) in [5, 5.41) is 2.93. The molecule has 1 heterocycles. The molecule has 0 bridgehead atoms. The molecule has 1 atom stereocenters. The second kappa shape index (κ2) is 1.97. The van der Waals surface area contributed by atoms with Gasteiger partial charge < -0.3 is 11.1 Å². The van der Waals surface area contributed by atoms with Gasteiger partial charge in [0.15, 0.2) is 6.04 Å². The number of amides is 1. The normalized spacial score (nSPS) is 28.0. The van der Waals surface area contributed by atoms with Gasteiger partial charge in [0.1, 0.15) is 0 Å². The molecule has 0 aromatic rings. The Bertz CT molecular complexity index is 185. The second-order valence-corrected chi connectivity index (χ2v) is 2.95. The fourth-order valence-electron chi connectivity index (χ4n) is 0.973. The van der Waals surface area contributed by atoms with Crippen molar-refractivity contribution in [3.05, 3.63) is 0 Å². The summed E-state index contributed by atoms with van der Waals surface area (Å²) in [6.45, 7) is 3.77. The van der Waals surface area contributed by atoms with Crippen LogP contribution in [0.4, 0.5) is 0 Å². The Hall–Kier alpha value is -1.06. The molecule has 1 aliphatic rings. The van der Waals surface area contributed by atoms with Gasteiger partial charge in [-0.1, -0.05) is 0 Å². The molecule has 0 fully saturated rings. The number of carbonyl (C=O) groups is 1. The van der Waals surface area contributed by atoms with Gasteiger partial charge in [0.05, 0.1) is 11.9 Å². The van der Waals surface area contributed by atoms with E-state index in [1.165, 1.54) is 6.34 Å². The van der Waals surface area contributed by atoms with E-state index >= 15 is 0 Å². The van der Waals surface area contributed by atoms with Crippen molar-refractivity contribution in [1.82, 2.24) is 5.32 Å². The molecule has 0 saturated carbocycles. The number of nitrogens with one attached hydrogen (secondary N) is 1. The monoisotopic (exact) mass is 141 g/mol. The zero-order valence-electron chi connectivity index (χ0n) is 6.09. The molecule has 0 aromatic carbocycles. The van der Waals surface area contributed by atoms with Crippen LogP contribution in [0.15, 0.2) is 4.99 Å². The van der Waals surface area contributed by atoms with E-state index in [0.29, 0.717) is 0 Å². The smallest absolute Gasteiger partial charge is 0.244 e. The molecule has 1 rings (SSSR count). The molecule has 1 amide bonds. The van der Waals surface area contributed by atoms with Crippen molar-refractivity contribution in [3.63, 3.8) is 0 Å². The van der Waals surface area contributed by atoms with Crippen LogP contribution in [0.2, 0.25) is 0 Å². The molecule has 0 radical (unpaired) electrons. The number of rotatable bonds is 1.